The fourth-order valence-corrected chi connectivity index (χ4v) is 2.02. The highest BCUT2D eigenvalue weighted by atomic mass is 32.1. The lowest BCUT2D eigenvalue weighted by Gasteiger charge is -2.06. The molecule has 0 radical (unpaired) electrons. The molecular formula is C13H11N3O2S. The van der Waals surface area contributed by atoms with Crippen LogP contribution in [0.25, 0.3) is 0 Å². The first-order valence-corrected chi connectivity index (χ1v) is 6.34. The van der Waals surface area contributed by atoms with Crippen molar-refractivity contribution in [1.82, 2.24) is 4.98 Å². The van der Waals surface area contributed by atoms with Crippen molar-refractivity contribution in [3.63, 3.8) is 0 Å². The summed E-state index contributed by atoms with van der Waals surface area (Å²) >= 11 is 1.13. The van der Waals surface area contributed by atoms with Crippen LogP contribution in [0.15, 0.2) is 30.5 Å². The van der Waals surface area contributed by atoms with Crippen LogP contribution in [0.5, 0.6) is 5.75 Å². The second-order valence-electron chi connectivity index (χ2n) is 3.79. The molecule has 96 valence electrons. The summed E-state index contributed by atoms with van der Waals surface area (Å²) in [6.07, 6.45) is 1.42. The summed E-state index contributed by atoms with van der Waals surface area (Å²) in [7, 11) is 0. The second kappa shape index (κ2) is 5.98. The maximum Gasteiger partial charge on any atom is 0.264 e. The molecule has 0 atom stereocenters. The third kappa shape index (κ3) is 3.79. The molecule has 1 amide bonds. The first kappa shape index (κ1) is 13.1. The van der Waals surface area contributed by atoms with Crippen molar-refractivity contribution in [2.45, 2.75) is 6.92 Å². The topological polar surface area (TPSA) is 75.0 Å². The number of nitriles is 1. The predicted molar refractivity (Wildman–Crippen MR) is 72.1 cm³/mol. The molecule has 0 spiro atoms. The van der Waals surface area contributed by atoms with E-state index < -0.39 is 0 Å². The molecule has 0 bridgehead atoms. The van der Waals surface area contributed by atoms with E-state index in [1.165, 1.54) is 6.20 Å². The van der Waals surface area contributed by atoms with Crippen LogP contribution in [-0.4, -0.2) is 17.5 Å². The number of carbonyl (C=O) groups excluding carboxylic acids is 1. The van der Waals surface area contributed by atoms with E-state index in [1.54, 1.807) is 6.07 Å². The number of aromatic nitrogens is 1. The molecule has 0 fully saturated rings. The molecule has 1 heterocycles. The van der Waals surface area contributed by atoms with E-state index in [0.29, 0.717) is 15.8 Å². The lowest BCUT2D eigenvalue weighted by molar-refractivity contribution is -0.118. The van der Waals surface area contributed by atoms with Crippen LogP contribution in [0.4, 0.5) is 5.13 Å². The zero-order valence-corrected chi connectivity index (χ0v) is 11.0. The normalized spacial score (nSPS) is 9.68. The summed E-state index contributed by atoms with van der Waals surface area (Å²) in [6, 6.07) is 9.41. The van der Waals surface area contributed by atoms with Gasteiger partial charge in [-0.1, -0.05) is 23.5 Å². The van der Waals surface area contributed by atoms with Crippen molar-refractivity contribution < 1.29 is 9.53 Å². The monoisotopic (exact) mass is 273 g/mol. The number of amides is 1. The molecule has 2 rings (SSSR count). The molecular weight excluding hydrogens is 262 g/mol. The molecule has 5 nitrogen and oxygen atoms in total. The van der Waals surface area contributed by atoms with Crippen LogP contribution in [-0.2, 0) is 4.79 Å². The predicted octanol–water partition coefficient (Wildman–Crippen LogP) is 2.34. The number of hydrogen-bond donors (Lipinski definition) is 1. The van der Waals surface area contributed by atoms with Crippen molar-refractivity contribution in [1.29, 1.82) is 5.26 Å². The zero-order chi connectivity index (χ0) is 13.7. The Balaban J connectivity index is 1.86. The quantitative estimate of drug-likeness (QED) is 0.927. The van der Waals surface area contributed by atoms with Crippen LogP contribution in [0.2, 0.25) is 0 Å². The Labute approximate surface area is 114 Å². The lowest BCUT2D eigenvalue weighted by Crippen LogP contribution is -2.19. The Morgan fingerprint density at radius 3 is 3.11 bits per heavy atom. The standard InChI is InChI=1S/C13H11N3O2S/c1-9-3-2-4-10(5-9)18-8-12(17)16-13-15-7-11(6-14)19-13/h2-5,7H,8H2,1H3,(H,15,16,17). The molecule has 1 N–H and O–H groups in total. The third-order valence-electron chi connectivity index (χ3n) is 2.22. The molecule has 1 aromatic carbocycles. The number of anilines is 1. The smallest absolute Gasteiger partial charge is 0.264 e. The summed E-state index contributed by atoms with van der Waals surface area (Å²) in [5.74, 6) is 0.340. The summed E-state index contributed by atoms with van der Waals surface area (Å²) in [5, 5.41) is 11.6. The summed E-state index contributed by atoms with van der Waals surface area (Å²) in [6.45, 7) is 1.86. The van der Waals surface area contributed by atoms with Crippen molar-refractivity contribution in [3.05, 3.63) is 40.9 Å². The molecule has 0 saturated heterocycles. The number of nitrogens with one attached hydrogen (secondary N) is 1. The van der Waals surface area contributed by atoms with E-state index in [0.717, 1.165) is 16.9 Å². The molecule has 2 aromatic rings. The van der Waals surface area contributed by atoms with Crippen LogP contribution in [0.3, 0.4) is 0 Å². The summed E-state index contributed by atoms with van der Waals surface area (Å²) in [5.41, 5.74) is 1.07. The minimum absolute atomic E-state index is 0.0923. The van der Waals surface area contributed by atoms with Crippen molar-refractivity contribution in [3.8, 4) is 11.8 Å². The maximum absolute atomic E-state index is 11.6. The Hall–Kier alpha value is -2.39. The molecule has 0 aliphatic heterocycles. The van der Waals surface area contributed by atoms with Gasteiger partial charge in [0, 0.05) is 0 Å². The number of ether oxygens (including phenoxy) is 1. The minimum Gasteiger partial charge on any atom is -0.484 e. The molecule has 0 aliphatic rings. The van der Waals surface area contributed by atoms with Gasteiger partial charge in [0.25, 0.3) is 5.91 Å². The zero-order valence-electron chi connectivity index (χ0n) is 10.2. The van der Waals surface area contributed by atoms with Gasteiger partial charge in [0.15, 0.2) is 11.7 Å². The van der Waals surface area contributed by atoms with E-state index in [4.69, 9.17) is 10.00 Å². The highest BCUT2D eigenvalue weighted by Gasteiger charge is 2.07. The third-order valence-corrected chi connectivity index (χ3v) is 3.04. The van der Waals surface area contributed by atoms with Gasteiger partial charge >= 0.3 is 0 Å². The number of aryl methyl sites for hydroxylation is 1. The van der Waals surface area contributed by atoms with Gasteiger partial charge in [-0.05, 0) is 24.6 Å². The highest BCUT2D eigenvalue weighted by Crippen LogP contribution is 2.17. The Kier molecular flexibility index (Phi) is 4.11. The average Bonchev–Trinajstić information content (AvgIpc) is 2.84. The lowest BCUT2D eigenvalue weighted by atomic mass is 10.2. The number of hydrogen-bond acceptors (Lipinski definition) is 5. The van der Waals surface area contributed by atoms with Crippen molar-refractivity contribution in [2.24, 2.45) is 0 Å². The largest absolute Gasteiger partial charge is 0.484 e. The van der Waals surface area contributed by atoms with Gasteiger partial charge in [-0.3, -0.25) is 10.1 Å². The van der Waals surface area contributed by atoms with E-state index in [1.807, 2.05) is 31.2 Å². The fraction of sp³-hybridized carbons (Fsp3) is 0.154. The molecule has 0 aliphatic carbocycles. The number of nitrogens with zero attached hydrogens (tertiary/aromatic N) is 2. The Morgan fingerprint density at radius 1 is 1.58 bits per heavy atom. The van der Waals surface area contributed by atoms with Crippen molar-refractivity contribution >= 4 is 22.4 Å². The molecule has 0 saturated carbocycles. The van der Waals surface area contributed by atoms with E-state index >= 15 is 0 Å². The van der Waals surface area contributed by atoms with Crippen LogP contribution >= 0.6 is 11.3 Å². The molecule has 0 unspecified atom stereocenters. The highest BCUT2D eigenvalue weighted by molar-refractivity contribution is 7.16. The fourth-order valence-electron chi connectivity index (χ4n) is 1.39. The summed E-state index contributed by atoms with van der Waals surface area (Å²) in [4.78, 5) is 16.0. The van der Waals surface area contributed by atoms with Gasteiger partial charge in [0.05, 0.1) is 6.20 Å². The van der Waals surface area contributed by atoms with Gasteiger partial charge < -0.3 is 4.74 Å². The number of carbonyl (C=O) groups is 1. The van der Waals surface area contributed by atoms with Crippen LogP contribution in [0.1, 0.15) is 10.4 Å². The van der Waals surface area contributed by atoms with Gasteiger partial charge in [0.2, 0.25) is 0 Å². The second-order valence-corrected chi connectivity index (χ2v) is 4.83. The van der Waals surface area contributed by atoms with Crippen LogP contribution in [0, 0.1) is 18.3 Å². The van der Waals surface area contributed by atoms with E-state index in [-0.39, 0.29) is 12.5 Å². The van der Waals surface area contributed by atoms with E-state index in [2.05, 4.69) is 10.3 Å². The number of thiazole rings is 1. The average molecular weight is 273 g/mol. The first-order valence-electron chi connectivity index (χ1n) is 5.52. The molecule has 19 heavy (non-hydrogen) atoms. The van der Waals surface area contributed by atoms with E-state index in [9.17, 15) is 4.79 Å². The Morgan fingerprint density at radius 2 is 2.42 bits per heavy atom. The maximum atomic E-state index is 11.6. The SMILES string of the molecule is Cc1cccc(OCC(=O)Nc2ncc(C#N)s2)c1. The van der Waals surface area contributed by atoms with Gasteiger partial charge in [0.1, 0.15) is 16.7 Å². The number of benzene rings is 1. The minimum atomic E-state index is -0.305. The van der Waals surface area contributed by atoms with Crippen LogP contribution < -0.4 is 10.1 Å². The molecule has 6 heteroatoms. The Bertz CT molecular complexity index is 631. The number of rotatable bonds is 4. The van der Waals surface area contributed by atoms with Gasteiger partial charge in [-0.2, -0.15) is 5.26 Å². The van der Waals surface area contributed by atoms with Gasteiger partial charge in [-0.25, -0.2) is 4.98 Å². The molecule has 1 aromatic heterocycles. The first-order chi connectivity index (χ1) is 9.17. The van der Waals surface area contributed by atoms with Gasteiger partial charge in [-0.15, -0.1) is 0 Å². The van der Waals surface area contributed by atoms with Crippen molar-refractivity contribution in [2.75, 3.05) is 11.9 Å². The summed E-state index contributed by atoms with van der Waals surface area (Å²) < 4.78 is 5.35.